The molecule has 30 heavy (non-hydrogen) atoms. The average Bonchev–Trinajstić information content (AvgIpc) is 3.06. The number of aromatic nitrogens is 2. The molecule has 0 saturated carbocycles. The van der Waals surface area contributed by atoms with Crippen LogP contribution in [0.1, 0.15) is 42.7 Å². The molecule has 0 unspecified atom stereocenters. The largest absolute Gasteiger partial charge is 0.490 e. The summed E-state index contributed by atoms with van der Waals surface area (Å²) in [7, 11) is 0. The summed E-state index contributed by atoms with van der Waals surface area (Å²) in [5.74, 6) is 0.934. The maximum Gasteiger partial charge on any atom is 0.260 e. The van der Waals surface area contributed by atoms with E-state index in [9.17, 15) is 4.79 Å². The van der Waals surface area contributed by atoms with Gasteiger partial charge >= 0.3 is 0 Å². The molecule has 0 aliphatic heterocycles. The predicted octanol–water partition coefficient (Wildman–Crippen LogP) is 5.66. The summed E-state index contributed by atoms with van der Waals surface area (Å²) in [5, 5.41) is 7.59. The molecule has 1 amide bonds. The second-order valence-corrected chi connectivity index (χ2v) is 7.17. The van der Waals surface area contributed by atoms with Gasteiger partial charge < -0.3 is 14.8 Å². The van der Waals surface area contributed by atoms with Gasteiger partial charge in [-0.25, -0.2) is 4.68 Å². The lowest BCUT2D eigenvalue weighted by Crippen LogP contribution is -2.13. The predicted molar refractivity (Wildman–Crippen MR) is 119 cm³/mol. The number of para-hydroxylation sites is 1. The molecule has 3 aromatic rings. The van der Waals surface area contributed by atoms with Crippen molar-refractivity contribution in [2.24, 2.45) is 0 Å². The lowest BCUT2D eigenvalue weighted by atomic mass is 10.2. The first kappa shape index (κ1) is 21.7. The summed E-state index contributed by atoms with van der Waals surface area (Å²) in [6.45, 7) is 7.00. The van der Waals surface area contributed by atoms with Gasteiger partial charge in [-0.1, -0.05) is 43.6 Å². The van der Waals surface area contributed by atoms with Crippen molar-refractivity contribution in [2.75, 3.05) is 18.5 Å². The minimum atomic E-state index is -0.330. The highest BCUT2D eigenvalue weighted by molar-refractivity contribution is 6.34. The van der Waals surface area contributed by atoms with Crippen molar-refractivity contribution in [1.82, 2.24) is 9.78 Å². The smallest absolute Gasteiger partial charge is 0.260 e. The average molecular weight is 428 g/mol. The Morgan fingerprint density at radius 3 is 2.37 bits per heavy atom. The Morgan fingerprint density at radius 1 is 1.03 bits per heavy atom. The summed E-state index contributed by atoms with van der Waals surface area (Å²) in [6.07, 6.45) is 1.77. The quantitative estimate of drug-likeness (QED) is 0.478. The van der Waals surface area contributed by atoms with Crippen LogP contribution >= 0.6 is 11.6 Å². The van der Waals surface area contributed by atoms with E-state index >= 15 is 0 Å². The van der Waals surface area contributed by atoms with Crippen LogP contribution in [0, 0.1) is 6.92 Å². The third-order valence-electron chi connectivity index (χ3n) is 4.36. The van der Waals surface area contributed by atoms with Crippen LogP contribution in [-0.2, 0) is 0 Å². The fourth-order valence-corrected chi connectivity index (χ4v) is 3.29. The number of nitrogens with zero attached hydrogens (tertiary/aromatic N) is 2. The van der Waals surface area contributed by atoms with Crippen LogP contribution in [-0.4, -0.2) is 28.9 Å². The molecule has 7 heteroatoms. The van der Waals surface area contributed by atoms with E-state index < -0.39 is 0 Å². The first-order valence-corrected chi connectivity index (χ1v) is 10.4. The van der Waals surface area contributed by atoms with Crippen molar-refractivity contribution in [1.29, 1.82) is 0 Å². The molecule has 1 N–H and O–H groups in total. The van der Waals surface area contributed by atoms with Crippen LogP contribution in [0.3, 0.4) is 0 Å². The number of nitrogens with one attached hydrogen (secondary N) is 1. The molecule has 0 saturated heterocycles. The van der Waals surface area contributed by atoms with E-state index in [1.165, 1.54) is 0 Å². The molecule has 2 aromatic carbocycles. The van der Waals surface area contributed by atoms with Crippen LogP contribution < -0.4 is 14.8 Å². The molecule has 0 atom stereocenters. The van der Waals surface area contributed by atoms with Crippen molar-refractivity contribution in [3.05, 3.63) is 64.9 Å². The SMILES string of the molecule is CCCOc1ccc(NC(=O)c2c(C)nn(-c3ccccc3)c2Cl)cc1OCCC. The third-order valence-corrected chi connectivity index (χ3v) is 4.71. The summed E-state index contributed by atoms with van der Waals surface area (Å²) in [4.78, 5) is 13.0. The number of carbonyl (C=O) groups excluding carboxylic acids is 1. The number of benzene rings is 2. The topological polar surface area (TPSA) is 65.4 Å². The molecule has 0 aliphatic rings. The molecule has 0 radical (unpaired) electrons. The fraction of sp³-hybridized carbons (Fsp3) is 0.304. The molecule has 6 nitrogen and oxygen atoms in total. The van der Waals surface area contributed by atoms with Gasteiger partial charge in [0.15, 0.2) is 11.5 Å². The number of hydrogen-bond acceptors (Lipinski definition) is 4. The molecule has 0 fully saturated rings. The van der Waals surface area contributed by atoms with Crippen LogP contribution in [0.15, 0.2) is 48.5 Å². The number of amides is 1. The molecule has 0 spiro atoms. The molecular weight excluding hydrogens is 402 g/mol. The molecule has 3 rings (SSSR count). The zero-order valence-corrected chi connectivity index (χ0v) is 18.2. The van der Waals surface area contributed by atoms with Crippen LogP contribution in [0.25, 0.3) is 5.69 Å². The van der Waals surface area contributed by atoms with Crippen molar-refractivity contribution >= 4 is 23.2 Å². The maximum absolute atomic E-state index is 13.0. The molecular formula is C23H26ClN3O3. The maximum atomic E-state index is 13.0. The normalized spacial score (nSPS) is 10.7. The highest BCUT2D eigenvalue weighted by atomic mass is 35.5. The van der Waals surface area contributed by atoms with Gasteiger partial charge in [0.2, 0.25) is 0 Å². The van der Waals surface area contributed by atoms with E-state index in [-0.39, 0.29) is 11.1 Å². The number of hydrogen-bond donors (Lipinski definition) is 1. The molecule has 158 valence electrons. The number of aryl methyl sites for hydroxylation is 1. The number of ether oxygens (including phenoxy) is 2. The Kier molecular flexibility index (Phi) is 7.36. The Hall–Kier alpha value is -2.99. The van der Waals surface area contributed by atoms with Gasteiger partial charge in [-0.15, -0.1) is 0 Å². The van der Waals surface area contributed by atoms with Crippen LogP contribution in [0.4, 0.5) is 5.69 Å². The second kappa shape index (κ2) is 10.2. The van der Waals surface area contributed by atoms with Gasteiger partial charge in [0, 0.05) is 11.8 Å². The Labute approximate surface area is 181 Å². The number of rotatable bonds is 9. The Balaban J connectivity index is 1.84. The van der Waals surface area contributed by atoms with Crippen LogP contribution in [0.5, 0.6) is 11.5 Å². The monoisotopic (exact) mass is 427 g/mol. The van der Waals surface area contributed by atoms with E-state index in [1.54, 1.807) is 29.8 Å². The van der Waals surface area contributed by atoms with E-state index in [0.717, 1.165) is 18.5 Å². The van der Waals surface area contributed by atoms with Crippen molar-refractivity contribution in [3.63, 3.8) is 0 Å². The summed E-state index contributed by atoms with van der Waals surface area (Å²) >= 11 is 6.50. The Bertz CT molecular complexity index is 1000. The zero-order chi connectivity index (χ0) is 21.5. The fourth-order valence-electron chi connectivity index (χ4n) is 2.93. The van der Waals surface area contributed by atoms with Gasteiger partial charge in [-0.2, -0.15) is 5.10 Å². The molecule has 1 aromatic heterocycles. The number of halogens is 1. The van der Waals surface area contributed by atoms with Gasteiger partial charge in [0.1, 0.15) is 10.7 Å². The summed E-state index contributed by atoms with van der Waals surface area (Å²) in [5.41, 5.74) is 2.27. The first-order chi connectivity index (χ1) is 14.5. The summed E-state index contributed by atoms with van der Waals surface area (Å²) < 4.78 is 13.1. The van der Waals surface area contributed by atoms with E-state index in [0.29, 0.717) is 41.7 Å². The Morgan fingerprint density at radius 2 is 1.70 bits per heavy atom. The third kappa shape index (κ3) is 4.94. The molecule has 1 heterocycles. The minimum absolute atomic E-state index is 0.265. The van der Waals surface area contributed by atoms with E-state index in [4.69, 9.17) is 21.1 Å². The van der Waals surface area contributed by atoms with Gasteiger partial charge in [0.05, 0.1) is 24.6 Å². The number of carbonyl (C=O) groups is 1. The number of anilines is 1. The van der Waals surface area contributed by atoms with Crippen molar-refractivity contribution < 1.29 is 14.3 Å². The molecule has 0 bridgehead atoms. The second-order valence-electron chi connectivity index (χ2n) is 6.81. The molecule has 0 aliphatic carbocycles. The lowest BCUT2D eigenvalue weighted by molar-refractivity contribution is 0.102. The van der Waals surface area contributed by atoms with Crippen LogP contribution in [0.2, 0.25) is 5.15 Å². The lowest BCUT2D eigenvalue weighted by Gasteiger charge is -2.14. The highest BCUT2D eigenvalue weighted by Gasteiger charge is 2.21. The highest BCUT2D eigenvalue weighted by Crippen LogP contribution is 2.32. The van der Waals surface area contributed by atoms with E-state index in [2.05, 4.69) is 10.4 Å². The zero-order valence-electron chi connectivity index (χ0n) is 17.4. The van der Waals surface area contributed by atoms with E-state index in [1.807, 2.05) is 44.2 Å². The van der Waals surface area contributed by atoms with Crippen molar-refractivity contribution in [2.45, 2.75) is 33.6 Å². The van der Waals surface area contributed by atoms with Gasteiger partial charge in [-0.3, -0.25) is 4.79 Å². The minimum Gasteiger partial charge on any atom is -0.490 e. The first-order valence-electron chi connectivity index (χ1n) is 10.1. The van der Waals surface area contributed by atoms with Crippen molar-refractivity contribution in [3.8, 4) is 17.2 Å². The van der Waals surface area contributed by atoms with Gasteiger partial charge in [-0.05, 0) is 44.0 Å². The summed E-state index contributed by atoms with van der Waals surface area (Å²) in [6, 6.07) is 14.8. The standard InChI is InChI=1S/C23H26ClN3O3/c1-4-13-29-19-12-11-17(15-20(19)30-14-5-2)25-23(28)21-16(3)26-27(22(21)24)18-9-7-6-8-10-18/h6-12,15H,4-5,13-14H2,1-3H3,(H,25,28). The van der Waals surface area contributed by atoms with Gasteiger partial charge in [0.25, 0.3) is 5.91 Å².